The van der Waals surface area contributed by atoms with Gasteiger partial charge in [0.25, 0.3) is 0 Å². The molecule has 1 aliphatic carbocycles. The van der Waals surface area contributed by atoms with Crippen LogP contribution in [-0.2, 0) is 4.79 Å². The van der Waals surface area contributed by atoms with Crippen LogP contribution in [0, 0.1) is 11.8 Å². The summed E-state index contributed by atoms with van der Waals surface area (Å²) in [6.45, 7) is 0. The van der Waals surface area contributed by atoms with E-state index < -0.39 is 0 Å². The molecule has 0 heterocycles. The standard InChI is InChI=1S/C19H18O2/c20-13-16-11-12-17(18(16)14-7-3-1-4-8-14)19(21)15-9-5-2-6-10-15/h1-10,13,16-18H,11-12H2/t16-,17+,18+/m0/s1. The Labute approximate surface area is 124 Å². The lowest BCUT2D eigenvalue weighted by Gasteiger charge is -2.22. The zero-order chi connectivity index (χ0) is 14.7. The van der Waals surface area contributed by atoms with E-state index in [0.717, 1.165) is 30.3 Å². The average molecular weight is 278 g/mol. The lowest BCUT2D eigenvalue weighted by atomic mass is 9.80. The van der Waals surface area contributed by atoms with Crippen LogP contribution in [0.1, 0.15) is 34.7 Å². The average Bonchev–Trinajstić information content (AvgIpc) is 2.99. The van der Waals surface area contributed by atoms with Gasteiger partial charge in [0.15, 0.2) is 5.78 Å². The first-order valence-corrected chi connectivity index (χ1v) is 7.41. The Morgan fingerprint density at radius 1 is 0.905 bits per heavy atom. The van der Waals surface area contributed by atoms with Crippen molar-refractivity contribution in [2.24, 2.45) is 11.8 Å². The third kappa shape index (κ3) is 2.66. The Morgan fingerprint density at radius 2 is 1.52 bits per heavy atom. The molecule has 0 radical (unpaired) electrons. The Bertz CT molecular complexity index is 619. The lowest BCUT2D eigenvalue weighted by Crippen LogP contribution is -2.21. The number of benzene rings is 2. The summed E-state index contributed by atoms with van der Waals surface area (Å²) in [4.78, 5) is 24.2. The van der Waals surface area contributed by atoms with Gasteiger partial charge in [-0.2, -0.15) is 0 Å². The second kappa shape index (κ2) is 6.04. The molecule has 2 heteroatoms. The van der Waals surface area contributed by atoms with Gasteiger partial charge in [0, 0.05) is 23.3 Å². The molecular weight excluding hydrogens is 260 g/mol. The van der Waals surface area contributed by atoms with Gasteiger partial charge in [0.2, 0.25) is 0 Å². The van der Waals surface area contributed by atoms with E-state index >= 15 is 0 Å². The van der Waals surface area contributed by atoms with Crippen LogP contribution in [0.3, 0.4) is 0 Å². The Morgan fingerprint density at radius 3 is 2.14 bits per heavy atom. The van der Waals surface area contributed by atoms with Crippen molar-refractivity contribution in [2.75, 3.05) is 0 Å². The number of ketones is 1. The maximum atomic E-state index is 12.8. The van der Waals surface area contributed by atoms with Crippen LogP contribution in [0.5, 0.6) is 0 Å². The number of Topliss-reactive ketones (excluding diaryl/α,β-unsaturated/α-hetero) is 1. The maximum Gasteiger partial charge on any atom is 0.166 e. The highest BCUT2D eigenvalue weighted by Gasteiger charge is 2.40. The molecule has 0 aromatic heterocycles. The summed E-state index contributed by atoms with van der Waals surface area (Å²) in [5.74, 6) is 0.0280. The fraction of sp³-hybridized carbons (Fsp3) is 0.263. The molecule has 0 aliphatic heterocycles. The molecular formula is C19H18O2. The summed E-state index contributed by atoms with van der Waals surface area (Å²) in [5, 5.41) is 0. The first-order valence-electron chi connectivity index (χ1n) is 7.41. The number of carbonyl (C=O) groups excluding carboxylic acids is 2. The van der Waals surface area contributed by atoms with Crippen molar-refractivity contribution in [1.82, 2.24) is 0 Å². The van der Waals surface area contributed by atoms with Crippen molar-refractivity contribution in [3.63, 3.8) is 0 Å². The van der Waals surface area contributed by atoms with Gasteiger partial charge in [-0.1, -0.05) is 60.7 Å². The molecule has 3 atom stereocenters. The van der Waals surface area contributed by atoms with Crippen LogP contribution >= 0.6 is 0 Å². The number of carbonyl (C=O) groups is 2. The van der Waals surface area contributed by atoms with Crippen LogP contribution in [0.15, 0.2) is 60.7 Å². The Hall–Kier alpha value is -2.22. The van der Waals surface area contributed by atoms with E-state index in [4.69, 9.17) is 0 Å². The molecule has 1 saturated carbocycles. The van der Waals surface area contributed by atoms with Crippen LogP contribution < -0.4 is 0 Å². The quantitative estimate of drug-likeness (QED) is 0.628. The molecule has 106 valence electrons. The molecule has 2 aromatic rings. The van der Waals surface area contributed by atoms with Gasteiger partial charge < -0.3 is 4.79 Å². The summed E-state index contributed by atoms with van der Waals surface area (Å²) in [6.07, 6.45) is 2.61. The maximum absolute atomic E-state index is 12.8. The van der Waals surface area contributed by atoms with Gasteiger partial charge in [0.1, 0.15) is 6.29 Å². The summed E-state index contributed by atoms with van der Waals surface area (Å²) >= 11 is 0. The van der Waals surface area contributed by atoms with E-state index in [9.17, 15) is 9.59 Å². The second-order valence-electron chi connectivity index (χ2n) is 5.65. The highest BCUT2D eigenvalue weighted by molar-refractivity contribution is 5.99. The van der Waals surface area contributed by atoms with Gasteiger partial charge in [-0.25, -0.2) is 0 Å². The van der Waals surface area contributed by atoms with Crippen molar-refractivity contribution in [3.05, 3.63) is 71.8 Å². The second-order valence-corrected chi connectivity index (χ2v) is 5.65. The molecule has 0 spiro atoms. The zero-order valence-corrected chi connectivity index (χ0v) is 11.8. The van der Waals surface area contributed by atoms with Crippen molar-refractivity contribution in [1.29, 1.82) is 0 Å². The van der Waals surface area contributed by atoms with Crippen molar-refractivity contribution in [2.45, 2.75) is 18.8 Å². The molecule has 0 saturated heterocycles. The zero-order valence-electron chi connectivity index (χ0n) is 11.8. The summed E-state index contributed by atoms with van der Waals surface area (Å²) in [6, 6.07) is 19.4. The highest BCUT2D eigenvalue weighted by Crippen LogP contribution is 2.44. The van der Waals surface area contributed by atoms with Gasteiger partial charge >= 0.3 is 0 Å². The van der Waals surface area contributed by atoms with Crippen molar-refractivity contribution >= 4 is 12.1 Å². The fourth-order valence-electron chi connectivity index (χ4n) is 3.45. The summed E-state index contributed by atoms with van der Waals surface area (Å²) in [5.41, 5.74) is 1.84. The predicted molar refractivity (Wildman–Crippen MR) is 82.2 cm³/mol. The van der Waals surface area contributed by atoms with Crippen molar-refractivity contribution < 1.29 is 9.59 Å². The van der Waals surface area contributed by atoms with E-state index in [2.05, 4.69) is 0 Å². The van der Waals surface area contributed by atoms with Gasteiger partial charge in [0.05, 0.1) is 0 Å². The lowest BCUT2D eigenvalue weighted by molar-refractivity contribution is -0.111. The molecule has 0 amide bonds. The molecule has 0 N–H and O–H groups in total. The van der Waals surface area contributed by atoms with Gasteiger partial charge in [-0.05, 0) is 18.4 Å². The minimum atomic E-state index is -0.0926. The SMILES string of the molecule is O=C[C@@H]1CC[C@@H](C(=O)c2ccccc2)[C@@H]1c1ccccc1. The van der Waals surface area contributed by atoms with E-state index in [1.54, 1.807) is 0 Å². The minimum absolute atomic E-state index is 0.0106. The molecule has 2 aromatic carbocycles. The highest BCUT2D eigenvalue weighted by atomic mass is 16.1. The number of hydrogen-bond acceptors (Lipinski definition) is 2. The smallest absolute Gasteiger partial charge is 0.166 e. The Kier molecular flexibility index (Phi) is 3.96. The van der Waals surface area contributed by atoms with E-state index in [1.165, 1.54) is 0 Å². The first-order chi connectivity index (χ1) is 10.3. The molecule has 0 unspecified atom stereocenters. The molecule has 21 heavy (non-hydrogen) atoms. The van der Waals surface area contributed by atoms with Crippen LogP contribution in [-0.4, -0.2) is 12.1 Å². The summed E-state index contributed by atoms with van der Waals surface area (Å²) < 4.78 is 0. The molecule has 0 bridgehead atoms. The van der Waals surface area contributed by atoms with Crippen LogP contribution in [0.4, 0.5) is 0 Å². The monoisotopic (exact) mass is 278 g/mol. The number of aldehydes is 1. The first kappa shape index (κ1) is 13.7. The molecule has 1 aliphatic rings. The van der Waals surface area contributed by atoms with E-state index in [0.29, 0.717) is 0 Å². The third-order valence-electron chi connectivity index (χ3n) is 4.46. The van der Waals surface area contributed by atoms with Gasteiger partial charge in [-0.3, -0.25) is 4.79 Å². The van der Waals surface area contributed by atoms with Gasteiger partial charge in [-0.15, -0.1) is 0 Å². The topological polar surface area (TPSA) is 34.1 Å². The molecule has 2 nitrogen and oxygen atoms in total. The van der Waals surface area contributed by atoms with Crippen LogP contribution in [0.2, 0.25) is 0 Å². The fourth-order valence-corrected chi connectivity index (χ4v) is 3.45. The van der Waals surface area contributed by atoms with Crippen LogP contribution in [0.25, 0.3) is 0 Å². The third-order valence-corrected chi connectivity index (χ3v) is 4.46. The van der Waals surface area contributed by atoms with E-state index in [-0.39, 0.29) is 23.5 Å². The predicted octanol–water partition coefficient (Wildman–Crippen LogP) is 3.88. The van der Waals surface area contributed by atoms with Crippen molar-refractivity contribution in [3.8, 4) is 0 Å². The number of rotatable bonds is 4. The number of hydrogen-bond donors (Lipinski definition) is 0. The van der Waals surface area contributed by atoms with E-state index in [1.807, 2.05) is 60.7 Å². The normalized spacial score (nSPS) is 24.7. The minimum Gasteiger partial charge on any atom is -0.303 e. The Balaban J connectivity index is 1.94. The largest absolute Gasteiger partial charge is 0.303 e. The molecule has 3 rings (SSSR count). The molecule has 1 fully saturated rings. The summed E-state index contributed by atoms with van der Waals surface area (Å²) in [7, 11) is 0.